The van der Waals surface area contributed by atoms with E-state index < -0.39 is 51.9 Å². The highest BCUT2D eigenvalue weighted by Crippen LogP contribution is 2.40. The van der Waals surface area contributed by atoms with Gasteiger partial charge >= 0.3 is 18.0 Å². The van der Waals surface area contributed by atoms with Gasteiger partial charge in [-0.05, 0) is 35.4 Å². The second-order valence-corrected chi connectivity index (χ2v) is 12.4. The molecule has 0 aromatic heterocycles. The maximum atomic E-state index is 13.6. The minimum Gasteiger partial charge on any atom is -0.480 e. The fourth-order valence-corrected chi connectivity index (χ4v) is 6.13. The third-order valence-corrected chi connectivity index (χ3v) is 8.60. The molecule has 0 radical (unpaired) electrons. The van der Waals surface area contributed by atoms with Crippen molar-refractivity contribution in [1.82, 2.24) is 9.62 Å². The van der Waals surface area contributed by atoms with E-state index in [1.807, 2.05) is 60.7 Å². The Hall–Kier alpha value is -4.42. The van der Waals surface area contributed by atoms with E-state index in [2.05, 4.69) is 5.32 Å². The molecule has 3 aromatic carbocycles. The summed E-state index contributed by atoms with van der Waals surface area (Å²) in [7, 11) is -3.96. The Morgan fingerprint density at radius 3 is 2.14 bits per heavy atom. The number of nitrogens with zero attached hydrogens (tertiary/aromatic N) is 1. The van der Waals surface area contributed by atoms with Crippen LogP contribution < -0.4 is 10.1 Å². The van der Waals surface area contributed by atoms with E-state index in [-0.39, 0.29) is 24.4 Å². The lowest BCUT2D eigenvalue weighted by Gasteiger charge is -2.48. The van der Waals surface area contributed by atoms with Crippen molar-refractivity contribution < 1.29 is 42.1 Å². The molecule has 1 fully saturated rings. The third kappa shape index (κ3) is 7.70. The standard InChI is InChI=1S/C31H34N2O9S/c1-21(2)29(36)40-22(3)41-30(37)32-27(28(34)35)18-23-11-10-16-26(17-23)43(38,39)33-19-31(20-33,24-12-6-4-7-13-24)42-25-14-8-5-9-15-25/h4-17,21-22,27H,18-20H2,1-3H3,(H,32,37)(H,34,35). The zero-order valence-corrected chi connectivity index (χ0v) is 24.8. The second-order valence-electron chi connectivity index (χ2n) is 10.5. The van der Waals surface area contributed by atoms with Crippen LogP contribution in [0.2, 0.25) is 0 Å². The van der Waals surface area contributed by atoms with E-state index in [1.165, 1.54) is 29.4 Å². The van der Waals surface area contributed by atoms with Gasteiger partial charge in [-0.3, -0.25) is 4.79 Å². The van der Waals surface area contributed by atoms with Crippen molar-refractivity contribution in [2.75, 3.05) is 13.1 Å². The fourth-order valence-electron chi connectivity index (χ4n) is 4.52. The Labute approximate surface area is 250 Å². The number of benzene rings is 3. The van der Waals surface area contributed by atoms with E-state index >= 15 is 0 Å². The molecule has 2 unspecified atom stereocenters. The van der Waals surface area contributed by atoms with Gasteiger partial charge in [-0.1, -0.05) is 74.5 Å². The molecule has 4 rings (SSSR count). The lowest BCUT2D eigenvalue weighted by Crippen LogP contribution is -2.64. The number of hydrogen-bond acceptors (Lipinski definition) is 8. The number of carbonyl (C=O) groups is 3. The minimum atomic E-state index is -3.96. The first-order valence-corrected chi connectivity index (χ1v) is 15.1. The Kier molecular flexibility index (Phi) is 9.72. The summed E-state index contributed by atoms with van der Waals surface area (Å²) >= 11 is 0. The first-order chi connectivity index (χ1) is 20.4. The summed E-state index contributed by atoms with van der Waals surface area (Å²) < 4.78 is 44.8. The van der Waals surface area contributed by atoms with Gasteiger partial charge in [-0.2, -0.15) is 4.31 Å². The van der Waals surface area contributed by atoms with Crippen LogP contribution in [0.3, 0.4) is 0 Å². The van der Waals surface area contributed by atoms with Crippen LogP contribution in [0, 0.1) is 5.92 Å². The monoisotopic (exact) mass is 610 g/mol. The topological polar surface area (TPSA) is 149 Å². The largest absolute Gasteiger partial charge is 0.480 e. The molecule has 1 aliphatic heterocycles. The number of carboxylic acid groups (broad SMARTS) is 1. The van der Waals surface area contributed by atoms with E-state index in [0.717, 1.165) is 5.56 Å². The zero-order valence-electron chi connectivity index (χ0n) is 24.0. The van der Waals surface area contributed by atoms with Crippen LogP contribution in [0.4, 0.5) is 4.79 Å². The summed E-state index contributed by atoms with van der Waals surface area (Å²) in [6, 6.07) is 23.0. The number of esters is 1. The molecule has 12 heteroatoms. The molecule has 0 spiro atoms. The maximum Gasteiger partial charge on any atom is 0.410 e. The third-order valence-electron chi connectivity index (χ3n) is 6.81. The predicted octanol–water partition coefficient (Wildman–Crippen LogP) is 3.93. The number of carboxylic acids is 1. The van der Waals surface area contributed by atoms with Crippen LogP contribution in [-0.4, -0.2) is 61.3 Å². The second kappa shape index (κ2) is 13.3. The number of rotatable bonds is 12. The van der Waals surface area contributed by atoms with Gasteiger partial charge in [-0.25, -0.2) is 18.0 Å². The summed E-state index contributed by atoms with van der Waals surface area (Å²) in [5.41, 5.74) is 0.324. The van der Waals surface area contributed by atoms with Gasteiger partial charge < -0.3 is 24.6 Å². The SMILES string of the molecule is CC(OC(=O)NC(Cc1cccc(S(=O)(=O)N2CC(Oc3ccccc3)(c3ccccc3)C2)c1)C(=O)O)OC(=O)C(C)C. The average molecular weight is 611 g/mol. The number of alkyl carbamates (subject to hydrolysis) is 1. The van der Waals surface area contributed by atoms with Crippen LogP contribution in [0.15, 0.2) is 89.8 Å². The molecule has 0 saturated carbocycles. The van der Waals surface area contributed by atoms with E-state index in [1.54, 1.807) is 19.9 Å². The van der Waals surface area contributed by atoms with Crippen molar-refractivity contribution in [3.8, 4) is 5.75 Å². The Balaban J connectivity index is 1.45. The van der Waals surface area contributed by atoms with E-state index in [9.17, 15) is 27.9 Å². The maximum absolute atomic E-state index is 13.6. The van der Waals surface area contributed by atoms with Crippen molar-refractivity contribution in [2.24, 2.45) is 5.92 Å². The predicted molar refractivity (Wildman–Crippen MR) is 156 cm³/mol. The van der Waals surface area contributed by atoms with Gasteiger partial charge in [0.2, 0.25) is 16.3 Å². The van der Waals surface area contributed by atoms with Crippen molar-refractivity contribution in [1.29, 1.82) is 0 Å². The summed E-state index contributed by atoms with van der Waals surface area (Å²) in [6.45, 7) is 4.71. The quantitative estimate of drug-likeness (QED) is 0.230. The summed E-state index contributed by atoms with van der Waals surface area (Å²) in [4.78, 5) is 35.9. The summed E-state index contributed by atoms with van der Waals surface area (Å²) in [5.74, 6) is -1.76. The molecule has 43 heavy (non-hydrogen) atoms. The molecular weight excluding hydrogens is 576 g/mol. The molecule has 11 nitrogen and oxygen atoms in total. The number of para-hydroxylation sites is 1. The lowest BCUT2D eigenvalue weighted by molar-refractivity contribution is -0.169. The highest BCUT2D eigenvalue weighted by Gasteiger charge is 2.52. The molecule has 2 N–H and O–H groups in total. The van der Waals surface area contributed by atoms with Crippen molar-refractivity contribution in [3.05, 3.63) is 96.1 Å². The van der Waals surface area contributed by atoms with Gasteiger partial charge in [0.05, 0.1) is 23.9 Å². The molecule has 1 aliphatic rings. The van der Waals surface area contributed by atoms with Crippen LogP contribution in [-0.2, 0) is 41.1 Å². The number of ether oxygens (including phenoxy) is 3. The molecule has 2 atom stereocenters. The molecule has 1 amide bonds. The van der Waals surface area contributed by atoms with Gasteiger partial charge in [0.1, 0.15) is 11.8 Å². The Morgan fingerprint density at radius 1 is 0.907 bits per heavy atom. The lowest BCUT2D eigenvalue weighted by atomic mass is 9.87. The molecule has 1 saturated heterocycles. The van der Waals surface area contributed by atoms with Crippen LogP contribution in [0.5, 0.6) is 5.75 Å². The molecule has 3 aromatic rings. The van der Waals surface area contributed by atoms with Crippen molar-refractivity contribution in [2.45, 2.75) is 50.0 Å². The smallest absolute Gasteiger partial charge is 0.410 e. The summed E-state index contributed by atoms with van der Waals surface area (Å²) in [6.07, 6.45) is -2.56. The van der Waals surface area contributed by atoms with Gasteiger partial charge in [0.25, 0.3) is 0 Å². The van der Waals surface area contributed by atoms with Gasteiger partial charge in [0, 0.05) is 13.3 Å². The zero-order chi connectivity index (χ0) is 31.2. The van der Waals surface area contributed by atoms with E-state index in [0.29, 0.717) is 11.3 Å². The van der Waals surface area contributed by atoms with Gasteiger partial charge in [0.15, 0.2) is 5.60 Å². The highest BCUT2D eigenvalue weighted by atomic mass is 32.2. The highest BCUT2D eigenvalue weighted by molar-refractivity contribution is 7.89. The van der Waals surface area contributed by atoms with Crippen molar-refractivity contribution >= 4 is 28.1 Å². The van der Waals surface area contributed by atoms with E-state index in [4.69, 9.17) is 14.2 Å². The number of nitrogens with one attached hydrogen (secondary N) is 1. The summed E-state index contributed by atoms with van der Waals surface area (Å²) in [5, 5.41) is 11.9. The first kappa shape index (κ1) is 31.5. The molecule has 0 aliphatic carbocycles. The molecule has 0 bridgehead atoms. The van der Waals surface area contributed by atoms with Crippen LogP contribution in [0.25, 0.3) is 0 Å². The van der Waals surface area contributed by atoms with Crippen molar-refractivity contribution in [3.63, 3.8) is 0 Å². The number of amides is 1. The average Bonchev–Trinajstić information content (AvgIpc) is 2.95. The normalized spacial score (nSPS) is 15.9. The first-order valence-electron chi connectivity index (χ1n) is 13.7. The number of hydrogen-bond donors (Lipinski definition) is 2. The minimum absolute atomic E-state index is 0.0210. The Morgan fingerprint density at radius 2 is 1.53 bits per heavy atom. The van der Waals surface area contributed by atoms with Crippen LogP contribution >= 0.6 is 0 Å². The fraction of sp³-hybridized carbons (Fsp3) is 0.323. The van der Waals surface area contributed by atoms with Gasteiger partial charge in [-0.15, -0.1) is 0 Å². The molecule has 1 heterocycles. The molecular formula is C31H34N2O9S. The number of carbonyl (C=O) groups excluding carboxylic acids is 2. The molecule has 228 valence electrons. The number of aliphatic carboxylic acids is 1. The number of sulfonamides is 1. The Bertz CT molecular complexity index is 1540. The van der Waals surface area contributed by atoms with Crippen LogP contribution in [0.1, 0.15) is 31.9 Å².